The van der Waals surface area contributed by atoms with Gasteiger partial charge in [0.25, 0.3) is 0 Å². The van der Waals surface area contributed by atoms with Crippen LogP contribution >= 0.6 is 0 Å². The van der Waals surface area contributed by atoms with Gasteiger partial charge in [0.2, 0.25) is 0 Å². The summed E-state index contributed by atoms with van der Waals surface area (Å²) < 4.78 is 0. The minimum atomic E-state index is 0.334. The summed E-state index contributed by atoms with van der Waals surface area (Å²) >= 11 is 0. The smallest absolute Gasteiger partial charge is 0.0104 e. The molecule has 1 aromatic rings. The van der Waals surface area contributed by atoms with Crippen molar-refractivity contribution in [2.75, 3.05) is 0 Å². The maximum Gasteiger partial charge on any atom is -0.0104 e. The fraction of sp³-hybridized carbons (Fsp3) is 0.571. The number of hydrogen-bond donors (Lipinski definition) is 0. The second-order valence-corrected chi connectivity index (χ2v) is 4.68. The summed E-state index contributed by atoms with van der Waals surface area (Å²) in [4.78, 5) is 0. The van der Waals surface area contributed by atoms with Crippen molar-refractivity contribution < 1.29 is 0 Å². The predicted octanol–water partition coefficient (Wildman–Crippen LogP) is 4.33. The van der Waals surface area contributed by atoms with E-state index in [9.17, 15) is 0 Å². The molecule has 0 radical (unpaired) electrons. The van der Waals surface area contributed by atoms with E-state index in [0.29, 0.717) is 5.41 Å². The van der Waals surface area contributed by atoms with Gasteiger partial charge in [-0.2, -0.15) is 0 Å². The first-order chi connectivity index (χ1) is 6.60. The first-order valence-corrected chi connectivity index (χ1v) is 5.69. The van der Waals surface area contributed by atoms with Gasteiger partial charge in [-0.05, 0) is 29.4 Å². The van der Waals surface area contributed by atoms with Crippen molar-refractivity contribution in [3.05, 3.63) is 35.4 Å². The molecular weight excluding hydrogens is 168 g/mol. The molecule has 1 rings (SSSR count). The first kappa shape index (κ1) is 11.3. The molecular formula is C14H22. The van der Waals surface area contributed by atoms with Crippen LogP contribution in [0.25, 0.3) is 0 Å². The molecule has 0 heterocycles. The van der Waals surface area contributed by atoms with Crippen LogP contribution in [0, 0.1) is 0 Å². The van der Waals surface area contributed by atoms with Crippen molar-refractivity contribution in [2.24, 2.45) is 0 Å². The van der Waals surface area contributed by atoms with Crippen molar-refractivity contribution >= 4 is 0 Å². The van der Waals surface area contributed by atoms with Gasteiger partial charge in [-0.25, -0.2) is 0 Å². The largest absolute Gasteiger partial charge is 0.0654 e. The zero-order chi connectivity index (χ0) is 10.6. The average molecular weight is 190 g/mol. The molecule has 0 fully saturated rings. The minimum absolute atomic E-state index is 0.334. The number of aryl methyl sites for hydroxylation is 1. The van der Waals surface area contributed by atoms with E-state index in [1.807, 2.05) is 0 Å². The minimum Gasteiger partial charge on any atom is -0.0654 e. The molecule has 0 aliphatic rings. The second kappa shape index (κ2) is 4.63. The number of benzene rings is 1. The molecule has 0 aromatic heterocycles. The highest BCUT2D eigenvalue weighted by Crippen LogP contribution is 2.28. The molecule has 1 aromatic carbocycles. The summed E-state index contributed by atoms with van der Waals surface area (Å²) in [6.07, 6.45) is 3.65. The summed E-state index contributed by atoms with van der Waals surface area (Å²) in [6.45, 7) is 9.11. The van der Waals surface area contributed by atoms with Gasteiger partial charge < -0.3 is 0 Å². The van der Waals surface area contributed by atoms with E-state index in [1.165, 1.54) is 24.0 Å². The standard InChI is InChI=1S/C14H22/c1-5-11-14(3,4)13-9-7-12(6-2)8-10-13/h7-10H,5-6,11H2,1-4H3. The zero-order valence-electron chi connectivity index (χ0n) is 9.93. The highest BCUT2D eigenvalue weighted by Gasteiger charge is 2.18. The van der Waals surface area contributed by atoms with Crippen LogP contribution in [0.2, 0.25) is 0 Å². The van der Waals surface area contributed by atoms with Crippen molar-refractivity contribution in [3.8, 4) is 0 Å². The molecule has 0 unspecified atom stereocenters. The number of hydrogen-bond acceptors (Lipinski definition) is 0. The van der Waals surface area contributed by atoms with Crippen LogP contribution in [-0.4, -0.2) is 0 Å². The lowest BCUT2D eigenvalue weighted by molar-refractivity contribution is 0.473. The first-order valence-electron chi connectivity index (χ1n) is 5.69. The van der Waals surface area contributed by atoms with E-state index in [2.05, 4.69) is 52.0 Å². The third-order valence-electron chi connectivity index (χ3n) is 3.02. The van der Waals surface area contributed by atoms with Crippen LogP contribution in [0.1, 0.15) is 51.7 Å². The Hall–Kier alpha value is -0.780. The van der Waals surface area contributed by atoms with E-state index >= 15 is 0 Å². The van der Waals surface area contributed by atoms with Gasteiger partial charge >= 0.3 is 0 Å². The molecule has 0 amide bonds. The topological polar surface area (TPSA) is 0 Å². The molecule has 0 aliphatic carbocycles. The van der Waals surface area contributed by atoms with Gasteiger partial charge in [-0.3, -0.25) is 0 Å². The van der Waals surface area contributed by atoms with E-state index in [4.69, 9.17) is 0 Å². The summed E-state index contributed by atoms with van der Waals surface area (Å²) in [6, 6.07) is 9.09. The fourth-order valence-corrected chi connectivity index (χ4v) is 1.96. The monoisotopic (exact) mass is 190 g/mol. The summed E-state index contributed by atoms with van der Waals surface area (Å²) in [5.74, 6) is 0. The number of rotatable bonds is 4. The molecule has 0 N–H and O–H groups in total. The van der Waals surface area contributed by atoms with E-state index in [1.54, 1.807) is 0 Å². The third kappa shape index (κ3) is 2.60. The Morgan fingerprint density at radius 1 is 1.00 bits per heavy atom. The van der Waals surface area contributed by atoms with Crippen molar-refractivity contribution in [1.29, 1.82) is 0 Å². The van der Waals surface area contributed by atoms with Crippen molar-refractivity contribution in [2.45, 2.75) is 52.4 Å². The van der Waals surface area contributed by atoms with Crippen LogP contribution < -0.4 is 0 Å². The molecule has 0 nitrogen and oxygen atoms in total. The summed E-state index contributed by atoms with van der Waals surface area (Å²) in [7, 11) is 0. The summed E-state index contributed by atoms with van der Waals surface area (Å²) in [5.41, 5.74) is 3.23. The maximum atomic E-state index is 2.33. The molecule has 0 saturated heterocycles. The third-order valence-corrected chi connectivity index (χ3v) is 3.02. The van der Waals surface area contributed by atoms with E-state index < -0.39 is 0 Å². The zero-order valence-corrected chi connectivity index (χ0v) is 9.93. The van der Waals surface area contributed by atoms with Gasteiger partial charge in [0, 0.05) is 0 Å². The Morgan fingerprint density at radius 3 is 2.00 bits per heavy atom. The van der Waals surface area contributed by atoms with E-state index in [-0.39, 0.29) is 0 Å². The molecule has 0 heteroatoms. The lowest BCUT2D eigenvalue weighted by Gasteiger charge is -2.24. The highest BCUT2D eigenvalue weighted by molar-refractivity contribution is 5.28. The molecule has 0 bridgehead atoms. The Balaban J connectivity index is 2.85. The van der Waals surface area contributed by atoms with Crippen molar-refractivity contribution in [3.63, 3.8) is 0 Å². The van der Waals surface area contributed by atoms with Gasteiger partial charge in [-0.15, -0.1) is 0 Å². The Labute approximate surface area is 88.4 Å². The molecule has 0 aliphatic heterocycles. The van der Waals surface area contributed by atoms with Gasteiger partial charge in [0.1, 0.15) is 0 Å². The van der Waals surface area contributed by atoms with Crippen LogP contribution in [0.4, 0.5) is 0 Å². The molecule has 0 atom stereocenters. The summed E-state index contributed by atoms with van der Waals surface area (Å²) in [5, 5.41) is 0. The second-order valence-electron chi connectivity index (χ2n) is 4.68. The Morgan fingerprint density at radius 2 is 1.57 bits per heavy atom. The van der Waals surface area contributed by atoms with Gasteiger partial charge in [-0.1, -0.05) is 58.4 Å². The van der Waals surface area contributed by atoms with Crippen LogP contribution in [0.3, 0.4) is 0 Å². The van der Waals surface area contributed by atoms with Gasteiger partial charge in [0.15, 0.2) is 0 Å². The fourth-order valence-electron chi connectivity index (χ4n) is 1.96. The maximum absolute atomic E-state index is 2.33. The molecule has 0 saturated carbocycles. The van der Waals surface area contributed by atoms with Crippen LogP contribution in [-0.2, 0) is 11.8 Å². The SMILES string of the molecule is CCCC(C)(C)c1ccc(CC)cc1. The van der Waals surface area contributed by atoms with Crippen molar-refractivity contribution in [1.82, 2.24) is 0 Å². The molecule has 78 valence electrons. The quantitative estimate of drug-likeness (QED) is 0.663. The van der Waals surface area contributed by atoms with E-state index in [0.717, 1.165) is 6.42 Å². The van der Waals surface area contributed by atoms with Gasteiger partial charge in [0.05, 0.1) is 0 Å². The van der Waals surface area contributed by atoms with Crippen LogP contribution in [0.15, 0.2) is 24.3 Å². The lowest BCUT2D eigenvalue weighted by atomic mass is 9.80. The Bertz CT molecular complexity index is 267. The molecule has 0 spiro atoms. The highest BCUT2D eigenvalue weighted by atomic mass is 14.2. The normalized spacial score (nSPS) is 11.7. The molecule has 14 heavy (non-hydrogen) atoms. The van der Waals surface area contributed by atoms with Crippen LogP contribution in [0.5, 0.6) is 0 Å². The Kier molecular flexibility index (Phi) is 3.74. The lowest BCUT2D eigenvalue weighted by Crippen LogP contribution is -2.16. The average Bonchev–Trinajstić information content (AvgIpc) is 2.18. The predicted molar refractivity (Wildman–Crippen MR) is 63.8 cm³/mol.